The molecule has 0 saturated heterocycles. The maximum absolute atomic E-state index is 13.0. The molecule has 1 amide bonds. The molecule has 0 heterocycles. The molecular formula is C23H22ClNO4. The van der Waals surface area contributed by atoms with Gasteiger partial charge in [-0.3, -0.25) is 19.3 Å². The number of ketones is 2. The van der Waals surface area contributed by atoms with Gasteiger partial charge in [0.25, 0.3) is 0 Å². The van der Waals surface area contributed by atoms with Crippen molar-refractivity contribution >= 4 is 34.8 Å². The highest BCUT2D eigenvalue weighted by atomic mass is 35.5. The molecule has 0 radical (unpaired) electrons. The van der Waals surface area contributed by atoms with Crippen LogP contribution in [0.4, 0.5) is 5.69 Å². The van der Waals surface area contributed by atoms with E-state index in [4.69, 9.17) is 16.3 Å². The van der Waals surface area contributed by atoms with E-state index in [1.54, 1.807) is 48.5 Å². The predicted octanol–water partition coefficient (Wildman–Crippen LogP) is 5.14. The lowest BCUT2D eigenvalue weighted by molar-refractivity contribution is -0.116. The predicted molar refractivity (Wildman–Crippen MR) is 113 cm³/mol. The Morgan fingerprint density at radius 1 is 0.966 bits per heavy atom. The van der Waals surface area contributed by atoms with Crippen LogP contribution in [-0.2, 0) is 4.79 Å². The van der Waals surface area contributed by atoms with Gasteiger partial charge in [0.05, 0.1) is 6.61 Å². The number of hydrogen-bond donors (Lipinski definition) is 0. The quantitative estimate of drug-likeness (QED) is 0.592. The van der Waals surface area contributed by atoms with Crippen molar-refractivity contribution in [2.24, 2.45) is 0 Å². The Morgan fingerprint density at radius 2 is 1.59 bits per heavy atom. The number of fused-ring (bicyclic) bond motifs is 1. The van der Waals surface area contributed by atoms with E-state index < -0.39 is 17.5 Å². The second kappa shape index (κ2) is 9.05. The zero-order valence-corrected chi connectivity index (χ0v) is 17.2. The third-order valence-electron chi connectivity index (χ3n) is 4.69. The summed E-state index contributed by atoms with van der Waals surface area (Å²) in [5, 5.41) is -0.260. The number of carbonyl (C=O) groups is 3. The molecule has 0 unspecified atom stereocenters. The highest BCUT2D eigenvalue weighted by Gasteiger charge is 2.36. The molecule has 3 rings (SSSR count). The number of anilines is 1. The molecule has 29 heavy (non-hydrogen) atoms. The number of carbonyl (C=O) groups excluding carboxylic acids is 3. The number of ether oxygens (including phenoxy) is 1. The number of allylic oxidation sites excluding steroid dienone is 2. The van der Waals surface area contributed by atoms with Crippen molar-refractivity contribution in [3.8, 4) is 5.75 Å². The molecule has 6 heteroatoms. The van der Waals surface area contributed by atoms with Gasteiger partial charge in [-0.1, -0.05) is 55.6 Å². The third kappa shape index (κ3) is 4.25. The minimum Gasteiger partial charge on any atom is -0.494 e. The summed E-state index contributed by atoms with van der Waals surface area (Å²) in [6.07, 6.45) is 3.18. The van der Waals surface area contributed by atoms with Crippen molar-refractivity contribution in [1.29, 1.82) is 0 Å². The maximum Gasteiger partial charge on any atom is 0.228 e. The van der Waals surface area contributed by atoms with Crippen molar-refractivity contribution < 1.29 is 19.1 Å². The fourth-order valence-electron chi connectivity index (χ4n) is 3.23. The smallest absolute Gasteiger partial charge is 0.228 e. The summed E-state index contributed by atoms with van der Waals surface area (Å²) in [6, 6.07) is 13.3. The van der Waals surface area contributed by atoms with Gasteiger partial charge < -0.3 is 4.74 Å². The van der Waals surface area contributed by atoms with E-state index in [-0.39, 0.29) is 21.9 Å². The van der Waals surface area contributed by atoms with Gasteiger partial charge in [-0.25, -0.2) is 0 Å². The minimum absolute atomic E-state index is 0.125. The van der Waals surface area contributed by atoms with Crippen molar-refractivity contribution in [1.82, 2.24) is 0 Å². The van der Waals surface area contributed by atoms with Crippen LogP contribution < -0.4 is 9.64 Å². The molecule has 0 fully saturated rings. The molecule has 0 bridgehead atoms. The minimum atomic E-state index is -0.473. The summed E-state index contributed by atoms with van der Waals surface area (Å²) in [4.78, 5) is 39.3. The number of hydrogen-bond acceptors (Lipinski definition) is 4. The topological polar surface area (TPSA) is 63.7 Å². The number of halogens is 1. The second-order valence-electron chi connectivity index (χ2n) is 6.77. The standard InChI is InChI=1S/C23H22ClNO4/c1-3-4-7-14-29-17-12-10-16(11-13-17)25(15(2)26)21-20(24)22(27)18-8-5-6-9-19(18)23(21)28/h5-6,8-13H,3-4,7,14H2,1-2H3. The average molecular weight is 412 g/mol. The molecule has 150 valence electrons. The molecule has 0 spiro atoms. The summed E-state index contributed by atoms with van der Waals surface area (Å²) in [7, 11) is 0. The first-order valence-corrected chi connectivity index (χ1v) is 9.95. The summed E-state index contributed by atoms with van der Waals surface area (Å²) in [5.74, 6) is -0.681. The lowest BCUT2D eigenvalue weighted by Gasteiger charge is -2.27. The van der Waals surface area contributed by atoms with Crippen LogP contribution in [0.2, 0.25) is 0 Å². The molecule has 0 saturated carbocycles. The van der Waals surface area contributed by atoms with Crippen LogP contribution in [-0.4, -0.2) is 24.1 Å². The first-order valence-electron chi connectivity index (χ1n) is 9.57. The van der Waals surface area contributed by atoms with E-state index in [0.717, 1.165) is 19.3 Å². The highest BCUT2D eigenvalue weighted by Crippen LogP contribution is 2.33. The van der Waals surface area contributed by atoms with Crippen LogP contribution >= 0.6 is 11.6 Å². The molecule has 1 aliphatic carbocycles. The first kappa shape index (κ1) is 20.8. The lowest BCUT2D eigenvalue weighted by Crippen LogP contribution is -2.36. The third-order valence-corrected chi connectivity index (χ3v) is 5.04. The number of Topliss-reactive ketones (excluding diaryl/α,β-unsaturated/α-hetero) is 2. The fourth-order valence-corrected chi connectivity index (χ4v) is 3.51. The molecule has 0 aliphatic heterocycles. The largest absolute Gasteiger partial charge is 0.494 e. The van der Waals surface area contributed by atoms with E-state index in [9.17, 15) is 14.4 Å². The Balaban J connectivity index is 1.92. The molecule has 5 nitrogen and oxygen atoms in total. The van der Waals surface area contributed by atoms with Crippen LogP contribution in [0.15, 0.2) is 59.3 Å². The van der Waals surface area contributed by atoms with Crippen LogP contribution in [0.25, 0.3) is 0 Å². The number of nitrogens with zero attached hydrogens (tertiary/aromatic N) is 1. The van der Waals surface area contributed by atoms with Crippen molar-refractivity contribution in [3.05, 3.63) is 70.4 Å². The Labute approximate surface area is 174 Å². The Hall–Kier alpha value is -2.92. The van der Waals surface area contributed by atoms with Gasteiger partial charge in [-0.05, 0) is 30.7 Å². The monoisotopic (exact) mass is 411 g/mol. The molecule has 0 N–H and O–H groups in total. The molecule has 0 atom stereocenters. The first-order chi connectivity index (χ1) is 14.0. The van der Waals surface area contributed by atoms with E-state index in [1.807, 2.05) is 0 Å². The van der Waals surface area contributed by atoms with Crippen molar-refractivity contribution in [3.63, 3.8) is 0 Å². The number of unbranched alkanes of at least 4 members (excludes halogenated alkanes) is 2. The molecular weight excluding hydrogens is 390 g/mol. The van der Waals surface area contributed by atoms with Crippen LogP contribution in [0.5, 0.6) is 5.75 Å². The van der Waals surface area contributed by atoms with Gasteiger partial charge >= 0.3 is 0 Å². The summed E-state index contributed by atoms with van der Waals surface area (Å²) < 4.78 is 5.69. The van der Waals surface area contributed by atoms with E-state index in [2.05, 4.69) is 6.92 Å². The van der Waals surface area contributed by atoms with Crippen LogP contribution in [0, 0.1) is 0 Å². The molecule has 2 aromatic carbocycles. The van der Waals surface area contributed by atoms with Gasteiger partial charge in [0.15, 0.2) is 0 Å². The highest BCUT2D eigenvalue weighted by molar-refractivity contribution is 6.50. The van der Waals surface area contributed by atoms with Crippen molar-refractivity contribution in [2.45, 2.75) is 33.1 Å². The molecule has 2 aromatic rings. The van der Waals surface area contributed by atoms with Gasteiger partial charge in [-0.15, -0.1) is 0 Å². The maximum atomic E-state index is 13.0. The number of amides is 1. The second-order valence-corrected chi connectivity index (χ2v) is 7.15. The molecule has 0 aromatic heterocycles. The van der Waals surface area contributed by atoms with Gasteiger partial charge in [-0.2, -0.15) is 0 Å². The van der Waals surface area contributed by atoms with E-state index in [1.165, 1.54) is 11.8 Å². The SMILES string of the molecule is CCCCCOc1ccc(N(C(C)=O)C2=C(Cl)C(=O)c3ccccc3C2=O)cc1. The number of rotatable bonds is 7. The number of benzene rings is 2. The van der Waals surface area contributed by atoms with E-state index >= 15 is 0 Å². The average Bonchev–Trinajstić information content (AvgIpc) is 2.73. The molecule has 1 aliphatic rings. The van der Waals surface area contributed by atoms with Crippen LogP contribution in [0.1, 0.15) is 53.8 Å². The van der Waals surface area contributed by atoms with Crippen LogP contribution in [0.3, 0.4) is 0 Å². The normalized spacial score (nSPS) is 13.3. The van der Waals surface area contributed by atoms with Crippen molar-refractivity contribution in [2.75, 3.05) is 11.5 Å². The Bertz CT molecular complexity index is 979. The Kier molecular flexibility index (Phi) is 6.49. The van der Waals surface area contributed by atoms with Gasteiger partial charge in [0, 0.05) is 23.7 Å². The Morgan fingerprint density at radius 3 is 2.17 bits per heavy atom. The zero-order chi connectivity index (χ0) is 21.0. The summed E-state index contributed by atoms with van der Waals surface area (Å²) in [6.45, 7) is 4.07. The van der Waals surface area contributed by atoms with E-state index in [0.29, 0.717) is 18.0 Å². The summed E-state index contributed by atoms with van der Waals surface area (Å²) >= 11 is 6.26. The fraction of sp³-hybridized carbons (Fsp3) is 0.261. The van der Waals surface area contributed by atoms with Gasteiger partial charge in [0.2, 0.25) is 17.5 Å². The zero-order valence-electron chi connectivity index (χ0n) is 16.4. The summed E-state index contributed by atoms with van der Waals surface area (Å²) in [5.41, 5.74) is 0.788. The van der Waals surface area contributed by atoms with Gasteiger partial charge in [0.1, 0.15) is 16.5 Å². The lowest BCUT2D eigenvalue weighted by atomic mass is 9.91.